The average molecular weight is 201 g/mol. The molecule has 0 amide bonds. The molecule has 0 radical (unpaired) electrons. The summed E-state index contributed by atoms with van der Waals surface area (Å²) in [5.41, 5.74) is 7.76. The molecule has 3 atom stereocenters. The third-order valence-electron chi connectivity index (χ3n) is 3.98. The number of Topliss-reactive ketones (excluding diaryl/α,β-unsaturated/α-hetero) is 1. The van der Waals surface area contributed by atoms with E-state index in [0.717, 1.165) is 24.9 Å². The largest absolute Gasteiger partial charge is 0.399 e. The van der Waals surface area contributed by atoms with E-state index in [4.69, 9.17) is 5.73 Å². The fraction of sp³-hybridized carbons (Fsp3) is 0.462. The van der Waals surface area contributed by atoms with Crippen LogP contribution in [0.2, 0.25) is 0 Å². The molecule has 1 aromatic carbocycles. The molecule has 15 heavy (non-hydrogen) atoms. The van der Waals surface area contributed by atoms with Crippen LogP contribution in [0, 0.1) is 11.8 Å². The Labute approximate surface area is 89.5 Å². The SMILES string of the molecule is Nc1ccc([C@H]2C[C@H]3CC[C@@H]2C3=O)cc1. The monoisotopic (exact) mass is 201 g/mol. The first kappa shape index (κ1) is 8.96. The van der Waals surface area contributed by atoms with E-state index >= 15 is 0 Å². The number of benzene rings is 1. The van der Waals surface area contributed by atoms with Gasteiger partial charge in [0.1, 0.15) is 5.78 Å². The molecule has 2 bridgehead atoms. The van der Waals surface area contributed by atoms with Crippen LogP contribution in [0.15, 0.2) is 24.3 Å². The van der Waals surface area contributed by atoms with Gasteiger partial charge in [-0.05, 0) is 42.9 Å². The van der Waals surface area contributed by atoms with Crippen LogP contribution < -0.4 is 5.73 Å². The molecular formula is C13H15NO. The van der Waals surface area contributed by atoms with Gasteiger partial charge >= 0.3 is 0 Å². The zero-order chi connectivity index (χ0) is 10.4. The molecule has 78 valence electrons. The Bertz CT molecular complexity index is 396. The summed E-state index contributed by atoms with van der Waals surface area (Å²) in [4.78, 5) is 11.8. The summed E-state index contributed by atoms with van der Waals surface area (Å²) in [6.07, 6.45) is 3.28. The first-order chi connectivity index (χ1) is 7.25. The highest BCUT2D eigenvalue weighted by Crippen LogP contribution is 2.50. The van der Waals surface area contributed by atoms with Crippen molar-refractivity contribution in [2.24, 2.45) is 11.8 Å². The average Bonchev–Trinajstić information content (AvgIpc) is 2.75. The van der Waals surface area contributed by atoms with E-state index in [-0.39, 0.29) is 0 Å². The van der Waals surface area contributed by atoms with Crippen molar-refractivity contribution in [3.05, 3.63) is 29.8 Å². The molecular weight excluding hydrogens is 186 g/mol. The third-order valence-corrected chi connectivity index (χ3v) is 3.98. The summed E-state index contributed by atoms with van der Waals surface area (Å²) in [6, 6.07) is 8.03. The lowest BCUT2D eigenvalue weighted by Gasteiger charge is -2.20. The summed E-state index contributed by atoms with van der Waals surface area (Å²) in [7, 11) is 0. The van der Waals surface area contributed by atoms with Crippen LogP contribution in [0.5, 0.6) is 0 Å². The smallest absolute Gasteiger partial charge is 0.139 e. The van der Waals surface area contributed by atoms with Crippen LogP contribution in [-0.2, 0) is 4.79 Å². The molecule has 0 aliphatic heterocycles. The lowest BCUT2D eigenvalue weighted by Crippen LogP contribution is -2.10. The predicted octanol–water partition coefficient (Wildman–Crippen LogP) is 2.35. The van der Waals surface area contributed by atoms with Gasteiger partial charge in [-0.15, -0.1) is 0 Å². The normalized spacial score (nSPS) is 33.6. The van der Waals surface area contributed by atoms with E-state index in [1.165, 1.54) is 5.56 Å². The molecule has 2 heteroatoms. The Kier molecular flexibility index (Phi) is 1.84. The number of anilines is 1. The van der Waals surface area contributed by atoms with Gasteiger partial charge in [0.05, 0.1) is 0 Å². The van der Waals surface area contributed by atoms with Gasteiger partial charge in [-0.25, -0.2) is 0 Å². The molecule has 0 aromatic heterocycles. The number of nitrogens with two attached hydrogens (primary N) is 1. The maximum atomic E-state index is 11.8. The van der Waals surface area contributed by atoms with Crippen molar-refractivity contribution in [1.82, 2.24) is 0 Å². The number of carbonyl (C=O) groups is 1. The van der Waals surface area contributed by atoms with Crippen LogP contribution in [0.25, 0.3) is 0 Å². The van der Waals surface area contributed by atoms with Crippen molar-refractivity contribution in [2.45, 2.75) is 25.2 Å². The second kappa shape index (κ2) is 3.09. The number of nitrogen functional groups attached to an aromatic ring is 1. The first-order valence-corrected chi connectivity index (χ1v) is 5.65. The van der Waals surface area contributed by atoms with Gasteiger partial charge in [0.15, 0.2) is 0 Å². The van der Waals surface area contributed by atoms with E-state index in [2.05, 4.69) is 12.1 Å². The van der Waals surface area contributed by atoms with Gasteiger partial charge in [-0.1, -0.05) is 12.1 Å². The van der Waals surface area contributed by atoms with Crippen molar-refractivity contribution < 1.29 is 4.79 Å². The number of rotatable bonds is 1. The minimum absolute atomic E-state index is 0.304. The van der Waals surface area contributed by atoms with Crippen LogP contribution in [0.4, 0.5) is 5.69 Å². The first-order valence-electron chi connectivity index (χ1n) is 5.65. The Balaban J connectivity index is 1.90. The second-order valence-electron chi connectivity index (χ2n) is 4.79. The molecule has 0 unspecified atom stereocenters. The predicted molar refractivity (Wildman–Crippen MR) is 59.4 cm³/mol. The Morgan fingerprint density at radius 2 is 1.80 bits per heavy atom. The summed E-state index contributed by atoms with van der Waals surface area (Å²) in [6.45, 7) is 0. The van der Waals surface area contributed by atoms with Crippen molar-refractivity contribution in [2.75, 3.05) is 5.73 Å². The molecule has 0 spiro atoms. The Morgan fingerprint density at radius 1 is 1.07 bits per heavy atom. The van der Waals surface area contributed by atoms with Crippen LogP contribution in [0.3, 0.4) is 0 Å². The second-order valence-corrected chi connectivity index (χ2v) is 4.79. The summed E-state index contributed by atoms with van der Waals surface area (Å²) < 4.78 is 0. The zero-order valence-corrected chi connectivity index (χ0v) is 8.65. The number of hydrogen-bond donors (Lipinski definition) is 1. The fourth-order valence-electron chi connectivity index (χ4n) is 3.18. The van der Waals surface area contributed by atoms with Gasteiger partial charge < -0.3 is 5.73 Å². The topological polar surface area (TPSA) is 43.1 Å². The molecule has 2 aliphatic carbocycles. The molecule has 2 nitrogen and oxygen atoms in total. The highest BCUT2D eigenvalue weighted by molar-refractivity contribution is 5.88. The summed E-state index contributed by atoms with van der Waals surface area (Å²) in [5.74, 6) is 1.64. The van der Waals surface area contributed by atoms with Crippen molar-refractivity contribution in [3.63, 3.8) is 0 Å². The van der Waals surface area contributed by atoms with Crippen LogP contribution >= 0.6 is 0 Å². The van der Waals surface area contributed by atoms with Gasteiger partial charge in [0, 0.05) is 17.5 Å². The van der Waals surface area contributed by atoms with Gasteiger partial charge in [0.2, 0.25) is 0 Å². The molecule has 1 aromatic rings. The number of carbonyl (C=O) groups excluding carboxylic acids is 1. The number of hydrogen-bond acceptors (Lipinski definition) is 2. The van der Waals surface area contributed by atoms with Gasteiger partial charge in [-0.3, -0.25) is 4.79 Å². The molecule has 0 saturated heterocycles. The summed E-state index contributed by atoms with van der Waals surface area (Å²) in [5, 5.41) is 0. The third kappa shape index (κ3) is 1.28. The standard InChI is InChI=1S/C13H15NO/c14-10-4-1-8(2-5-10)12-7-9-3-6-11(12)13(9)15/h1-2,4-5,9,11-12H,3,6-7,14H2/t9-,11+,12-/m1/s1. The van der Waals surface area contributed by atoms with Crippen LogP contribution in [-0.4, -0.2) is 5.78 Å². The number of fused-ring (bicyclic) bond motifs is 2. The van der Waals surface area contributed by atoms with E-state index < -0.39 is 0 Å². The van der Waals surface area contributed by atoms with Crippen molar-refractivity contribution in [1.29, 1.82) is 0 Å². The zero-order valence-electron chi connectivity index (χ0n) is 8.65. The van der Waals surface area contributed by atoms with Gasteiger partial charge in [0.25, 0.3) is 0 Å². The fourth-order valence-corrected chi connectivity index (χ4v) is 3.18. The lowest BCUT2D eigenvalue weighted by atomic mass is 9.83. The van der Waals surface area contributed by atoms with Gasteiger partial charge in [-0.2, -0.15) is 0 Å². The van der Waals surface area contributed by atoms with E-state index in [1.54, 1.807) is 0 Å². The highest BCUT2D eigenvalue weighted by atomic mass is 16.1. The van der Waals surface area contributed by atoms with E-state index in [9.17, 15) is 4.79 Å². The molecule has 0 heterocycles. The number of ketones is 1. The minimum atomic E-state index is 0.304. The Morgan fingerprint density at radius 3 is 2.33 bits per heavy atom. The minimum Gasteiger partial charge on any atom is -0.399 e. The quantitative estimate of drug-likeness (QED) is 0.709. The molecule has 2 aliphatic rings. The molecule has 2 N–H and O–H groups in total. The molecule has 2 fully saturated rings. The van der Waals surface area contributed by atoms with Crippen LogP contribution in [0.1, 0.15) is 30.7 Å². The van der Waals surface area contributed by atoms with Crippen molar-refractivity contribution in [3.8, 4) is 0 Å². The lowest BCUT2D eigenvalue weighted by molar-refractivity contribution is -0.121. The molecule has 3 rings (SSSR count). The maximum Gasteiger partial charge on any atom is 0.139 e. The van der Waals surface area contributed by atoms with E-state index in [0.29, 0.717) is 23.5 Å². The molecule has 2 saturated carbocycles. The maximum absolute atomic E-state index is 11.8. The van der Waals surface area contributed by atoms with E-state index in [1.807, 2.05) is 12.1 Å². The highest BCUT2D eigenvalue weighted by Gasteiger charge is 2.47. The summed E-state index contributed by atoms with van der Waals surface area (Å²) >= 11 is 0. The van der Waals surface area contributed by atoms with Crippen molar-refractivity contribution >= 4 is 11.5 Å². The Hall–Kier alpha value is -1.31.